The minimum absolute atomic E-state index is 0.225. The van der Waals surface area contributed by atoms with Gasteiger partial charge in [-0.1, -0.05) is 23.5 Å². The van der Waals surface area contributed by atoms with E-state index in [1.54, 1.807) is 31.6 Å². The van der Waals surface area contributed by atoms with Crippen molar-refractivity contribution in [2.45, 2.75) is 32.7 Å². The summed E-state index contributed by atoms with van der Waals surface area (Å²) in [4.78, 5) is 34.0. The molecule has 2 aliphatic rings. The molecule has 0 radical (unpaired) electrons. The van der Waals surface area contributed by atoms with Gasteiger partial charge in [-0.15, -0.1) is 0 Å². The highest BCUT2D eigenvalue weighted by Crippen LogP contribution is 2.32. The van der Waals surface area contributed by atoms with E-state index >= 15 is 0 Å². The zero-order valence-electron chi connectivity index (χ0n) is 19.9. The average molecular weight is 494 g/mol. The molecule has 1 aromatic carbocycles. The van der Waals surface area contributed by atoms with Gasteiger partial charge in [0.05, 0.1) is 35.6 Å². The van der Waals surface area contributed by atoms with Gasteiger partial charge in [-0.2, -0.15) is 0 Å². The second kappa shape index (κ2) is 9.58. The molecule has 5 rings (SSSR count). The van der Waals surface area contributed by atoms with Crippen molar-refractivity contribution in [1.29, 1.82) is 0 Å². The number of thiazole rings is 1. The second-order valence-corrected chi connectivity index (χ2v) is 9.46. The summed E-state index contributed by atoms with van der Waals surface area (Å²) in [5.41, 5.74) is 1.37. The number of carbonyl (C=O) groups is 1. The Balaban J connectivity index is 1.64. The molecule has 35 heavy (non-hydrogen) atoms. The van der Waals surface area contributed by atoms with E-state index in [-0.39, 0.29) is 12.2 Å². The molecule has 9 heteroatoms. The number of fused-ring (bicyclic) bond motifs is 1. The molecule has 2 aliphatic heterocycles. The molecule has 2 aromatic heterocycles. The van der Waals surface area contributed by atoms with Gasteiger partial charge in [-0.05, 0) is 50.5 Å². The number of esters is 1. The number of hydrogen-bond acceptors (Lipinski definition) is 8. The lowest BCUT2D eigenvalue weighted by molar-refractivity contribution is -0.139. The van der Waals surface area contributed by atoms with Crippen LogP contribution in [-0.2, 0) is 9.53 Å². The van der Waals surface area contributed by atoms with Crippen molar-refractivity contribution >= 4 is 29.3 Å². The first-order valence-electron chi connectivity index (χ1n) is 11.7. The molecule has 0 bridgehead atoms. The van der Waals surface area contributed by atoms with Crippen LogP contribution < -0.4 is 24.5 Å². The third-order valence-electron chi connectivity index (χ3n) is 6.23. The molecule has 4 heterocycles. The van der Waals surface area contributed by atoms with Crippen molar-refractivity contribution in [2.24, 2.45) is 4.99 Å². The van der Waals surface area contributed by atoms with E-state index in [2.05, 4.69) is 9.89 Å². The number of methoxy groups -OCH3 is 1. The lowest BCUT2D eigenvalue weighted by Crippen LogP contribution is -2.39. The van der Waals surface area contributed by atoms with Crippen LogP contribution in [0.5, 0.6) is 5.75 Å². The van der Waals surface area contributed by atoms with Crippen LogP contribution in [0.3, 0.4) is 0 Å². The van der Waals surface area contributed by atoms with Crippen molar-refractivity contribution in [3.8, 4) is 5.75 Å². The minimum atomic E-state index is -0.681. The zero-order chi connectivity index (χ0) is 24.5. The fourth-order valence-corrected chi connectivity index (χ4v) is 5.60. The maximum absolute atomic E-state index is 13.7. The van der Waals surface area contributed by atoms with Gasteiger partial charge in [-0.25, -0.2) is 9.79 Å². The molecule has 1 unspecified atom stereocenters. The number of allylic oxidation sites excluding steroid dienone is 1. The number of rotatable bonds is 6. The largest absolute Gasteiger partial charge is 0.497 e. The Kier molecular flexibility index (Phi) is 6.34. The molecule has 0 N–H and O–H groups in total. The highest BCUT2D eigenvalue weighted by molar-refractivity contribution is 7.07. The van der Waals surface area contributed by atoms with E-state index in [1.165, 1.54) is 11.3 Å². The predicted octanol–water partition coefficient (Wildman–Crippen LogP) is 3.00. The maximum atomic E-state index is 13.7. The summed E-state index contributed by atoms with van der Waals surface area (Å²) in [7, 11) is 1.58. The third-order valence-corrected chi connectivity index (χ3v) is 7.21. The Morgan fingerprint density at radius 3 is 2.80 bits per heavy atom. The van der Waals surface area contributed by atoms with Gasteiger partial charge in [-0.3, -0.25) is 9.36 Å². The van der Waals surface area contributed by atoms with E-state index in [9.17, 15) is 9.59 Å². The first-order chi connectivity index (χ1) is 17.0. The molecule has 1 saturated heterocycles. The zero-order valence-corrected chi connectivity index (χ0v) is 20.8. The van der Waals surface area contributed by atoms with Crippen LogP contribution in [0, 0.1) is 0 Å². The summed E-state index contributed by atoms with van der Waals surface area (Å²) in [6.45, 7) is 5.70. The summed E-state index contributed by atoms with van der Waals surface area (Å²) in [5.74, 6) is 1.57. The average Bonchev–Trinajstić information content (AvgIpc) is 3.60. The van der Waals surface area contributed by atoms with E-state index < -0.39 is 12.0 Å². The smallest absolute Gasteiger partial charge is 0.338 e. The molecule has 182 valence electrons. The number of ether oxygens (including phenoxy) is 2. The van der Waals surface area contributed by atoms with E-state index in [1.807, 2.05) is 36.4 Å². The standard InChI is InChI=1S/C26H27N3O5S/c1-4-33-25(31)22-16(2)27-26-29(23(22)17-8-7-9-18(14-17)32-3)24(30)20(35-26)15-19-10-11-21(34-19)28-12-5-6-13-28/h7-11,14-15,23H,4-6,12-13H2,1-3H3/b20-15+. The van der Waals surface area contributed by atoms with Gasteiger partial charge >= 0.3 is 5.97 Å². The van der Waals surface area contributed by atoms with Gasteiger partial charge in [0, 0.05) is 25.2 Å². The lowest BCUT2D eigenvalue weighted by Gasteiger charge is -2.24. The molecule has 3 aromatic rings. The van der Waals surface area contributed by atoms with Gasteiger partial charge < -0.3 is 18.8 Å². The normalized spacial score (nSPS) is 18.0. The number of furan rings is 1. The van der Waals surface area contributed by atoms with Gasteiger partial charge in [0.2, 0.25) is 0 Å². The Morgan fingerprint density at radius 2 is 2.06 bits per heavy atom. The number of aromatic nitrogens is 1. The van der Waals surface area contributed by atoms with Crippen molar-refractivity contribution in [3.63, 3.8) is 0 Å². The van der Waals surface area contributed by atoms with Crippen LogP contribution in [0.2, 0.25) is 0 Å². The first-order valence-corrected chi connectivity index (χ1v) is 12.5. The molecule has 0 amide bonds. The van der Waals surface area contributed by atoms with Crippen LogP contribution in [0.15, 0.2) is 61.9 Å². The second-order valence-electron chi connectivity index (χ2n) is 8.45. The van der Waals surface area contributed by atoms with Gasteiger partial charge in [0.25, 0.3) is 5.56 Å². The van der Waals surface area contributed by atoms with E-state index in [4.69, 9.17) is 13.9 Å². The van der Waals surface area contributed by atoms with Crippen LogP contribution in [0.25, 0.3) is 6.08 Å². The first kappa shape index (κ1) is 23.2. The van der Waals surface area contributed by atoms with Crippen molar-refractivity contribution in [3.05, 3.63) is 78.7 Å². The Labute approximate surface area is 206 Å². The molecule has 0 spiro atoms. The molecule has 0 aliphatic carbocycles. The molecule has 1 atom stereocenters. The molecule has 1 fully saturated rings. The van der Waals surface area contributed by atoms with Crippen LogP contribution in [-0.4, -0.2) is 37.3 Å². The monoisotopic (exact) mass is 493 g/mol. The SMILES string of the molecule is CCOC(=O)C1=C(C)N=c2s/c(=C/c3ccc(N4CCCC4)o3)c(=O)n2C1c1cccc(OC)c1. The Bertz CT molecular complexity index is 1470. The topological polar surface area (TPSA) is 86.3 Å². The lowest BCUT2D eigenvalue weighted by atomic mass is 9.95. The number of anilines is 1. The summed E-state index contributed by atoms with van der Waals surface area (Å²) < 4.78 is 18.8. The Morgan fingerprint density at radius 1 is 1.26 bits per heavy atom. The highest BCUT2D eigenvalue weighted by Gasteiger charge is 2.33. The number of nitrogens with zero attached hydrogens (tertiary/aromatic N) is 3. The highest BCUT2D eigenvalue weighted by atomic mass is 32.1. The molecular formula is C26H27N3O5S. The van der Waals surface area contributed by atoms with Crippen molar-refractivity contribution in [1.82, 2.24) is 4.57 Å². The Hall–Kier alpha value is -3.59. The van der Waals surface area contributed by atoms with Crippen LogP contribution >= 0.6 is 11.3 Å². The van der Waals surface area contributed by atoms with Crippen molar-refractivity contribution < 1.29 is 18.7 Å². The number of carbonyl (C=O) groups excluding carboxylic acids is 1. The number of hydrogen-bond donors (Lipinski definition) is 0. The molecule has 8 nitrogen and oxygen atoms in total. The molecular weight excluding hydrogens is 466 g/mol. The van der Waals surface area contributed by atoms with E-state index in [0.717, 1.165) is 37.4 Å². The van der Waals surface area contributed by atoms with Crippen LogP contribution in [0.1, 0.15) is 44.1 Å². The third kappa shape index (κ3) is 4.32. The quantitative estimate of drug-likeness (QED) is 0.491. The summed E-state index contributed by atoms with van der Waals surface area (Å²) in [5, 5.41) is 0. The number of benzene rings is 1. The molecule has 0 saturated carbocycles. The minimum Gasteiger partial charge on any atom is -0.497 e. The van der Waals surface area contributed by atoms with Crippen molar-refractivity contribution in [2.75, 3.05) is 31.7 Å². The maximum Gasteiger partial charge on any atom is 0.338 e. The summed E-state index contributed by atoms with van der Waals surface area (Å²) >= 11 is 1.27. The fourth-order valence-electron chi connectivity index (χ4n) is 4.57. The van der Waals surface area contributed by atoms with Gasteiger partial charge in [0.15, 0.2) is 10.7 Å². The van der Waals surface area contributed by atoms with E-state index in [0.29, 0.717) is 32.1 Å². The van der Waals surface area contributed by atoms with Gasteiger partial charge in [0.1, 0.15) is 11.5 Å². The predicted molar refractivity (Wildman–Crippen MR) is 134 cm³/mol. The summed E-state index contributed by atoms with van der Waals surface area (Å²) in [6, 6.07) is 10.5. The van der Waals surface area contributed by atoms with Crippen LogP contribution in [0.4, 0.5) is 5.88 Å². The fraction of sp³-hybridized carbons (Fsp3) is 0.346. The summed E-state index contributed by atoms with van der Waals surface area (Å²) in [6.07, 6.45) is 4.05.